The first-order valence-corrected chi connectivity index (χ1v) is 13.4. The van der Waals surface area contributed by atoms with Crippen LogP contribution < -0.4 is 10.1 Å². The number of nitriles is 1. The monoisotopic (exact) mass is 548 g/mol. The van der Waals surface area contributed by atoms with Gasteiger partial charge in [0.05, 0.1) is 29.0 Å². The van der Waals surface area contributed by atoms with E-state index in [4.69, 9.17) is 21.3 Å². The third-order valence-corrected chi connectivity index (χ3v) is 7.09. The summed E-state index contributed by atoms with van der Waals surface area (Å²) in [5.74, 6) is 0.615. The Morgan fingerprint density at radius 3 is 2.68 bits per heavy atom. The number of amides is 3. The van der Waals surface area contributed by atoms with Crippen LogP contribution in [0.3, 0.4) is 0 Å². The van der Waals surface area contributed by atoms with Crippen molar-refractivity contribution in [1.29, 1.82) is 5.26 Å². The van der Waals surface area contributed by atoms with Gasteiger partial charge in [-0.05, 0) is 67.3 Å². The molecule has 3 amide bonds. The number of aromatic nitrogens is 1. The van der Waals surface area contributed by atoms with Crippen LogP contribution in [0.1, 0.15) is 48.3 Å². The fraction of sp³-hybridized carbons (Fsp3) is 0.296. The Morgan fingerprint density at radius 1 is 1.24 bits per heavy atom. The van der Waals surface area contributed by atoms with Crippen LogP contribution in [0.2, 0.25) is 5.02 Å². The molecule has 2 aliphatic rings. The molecule has 0 spiro atoms. The van der Waals surface area contributed by atoms with Crippen LogP contribution >= 0.6 is 23.1 Å². The number of piperazine rings is 1. The van der Waals surface area contributed by atoms with Crippen LogP contribution in [0, 0.1) is 11.3 Å². The molecule has 1 saturated heterocycles. The predicted octanol–water partition coefficient (Wildman–Crippen LogP) is 4.55. The van der Waals surface area contributed by atoms with Crippen LogP contribution in [-0.2, 0) is 4.79 Å². The minimum absolute atomic E-state index is 0.0548. The summed E-state index contributed by atoms with van der Waals surface area (Å²) in [4.78, 5) is 34.6. The first-order chi connectivity index (χ1) is 18.4. The molecule has 9 nitrogen and oxygen atoms in total. The summed E-state index contributed by atoms with van der Waals surface area (Å²) in [6.45, 7) is 4.46. The van der Waals surface area contributed by atoms with Crippen LogP contribution in [0.25, 0.3) is 0 Å². The van der Waals surface area contributed by atoms with Crippen molar-refractivity contribution in [3.05, 3.63) is 81.3 Å². The molecule has 5 rings (SSSR count). The maximum absolute atomic E-state index is 14.2. The van der Waals surface area contributed by atoms with E-state index in [0.717, 1.165) is 5.56 Å². The van der Waals surface area contributed by atoms with E-state index in [1.807, 2.05) is 37.4 Å². The van der Waals surface area contributed by atoms with E-state index in [-0.39, 0.29) is 24.6 Å². The fourth-order valence-electron chi connectivity index (χ4n) is 4.61. The fourth-order valence-corrected chi connectivity index (χ4v) is 5.29. The highest BCUT2D eigenvalue weighted by atomic mass is 35.5. The molecule has 2 unspecified atom stereocenters. The third-order valence-electron chi connectivity index (χ3n) is 6.27. The second-order valence-electron chi connectivity index (χ2n) is 9.23. The maximum Gasteiger partial charge on any atom is 0.326 e. The van der Waals surface area contributed by atoms with Gasteiger partial charge >= 0.3 is 6.03 Å². The molecule has 3 heterocycles. The van der Waals surface area contributed by atoms with Gasteiger partial charge in [-0.2, -0.15) is 9.64 Å². The summed E-state index contributed by atoms with van der Waals surface area (Å²) in [7, 11) is 0. The lowest BCUT2D eigenvalue weighted by Crippen LogP contribution is -2.55. The number of benzene rings is 2. The molecule has 38 heavy (non-hydrogen) atoms. The SMILES string of the molecule is CC(C)Oc1cc(C#N)ccc1C1=NC(c2ccc(Cl)cc2)C(c2ccsn2)N1C(=O)N1CCNC(=O)C1. The summed E-state index contributed by atoms with van der Waals surface area (Å²) in [6.07, 6.45) is -0.180. The first kappa shape index (κ1) is 25.7. The van der Waals surface area contributed by atoms with E-state index >= 15 is 0 Å². The third kappa shape index (κ3) is 5.08. The number of nitrogens with zero attached hydrogens (tertiary/aromatic N) is 5. The molecule has 0 saturated carbocycles. The van der Waals surface area contributed by atoms with Crippen molar-refractivity contribution in [3.63, 3.8) is 0 Å². The zero-order chi connectivity index (χ0) is 26.8. The van der Waals surface area contributed by atoms with E-state index in [0.29, 0.717) is 46.5 Å². The van der Waals surface area contributed by atoms with Gasteiger partial charge in [-0.15, -0.1) is 0 Å². The molecule has 1 fully saturated rings. The highest BCUT2D eigenvalue weighted by molar-refractivity contribution is 7.03. The molecule has 194 valence electrons. The van der Waals surface area contributed by atoms with Crippen molar-refractivity contribution < 1.29 is 14.3 Å². The van der Waals surface area contributed by atoms with Crippen molar-refractivity contribution in [1.82, 2.24) is 19.5 Å². The van der Waals surface area contributed by atoms with E-state index in [9.17, 15) is 14.9 Å². The summed E-state index contributed by atoms with van der Waals surface area (Å²) in [5.41, 5.74) is 2.54. The van der Waals surface area contributed by atoms with E-state index in [1.165, 1.54) is 16.4 Å². The molecular formula is C27H25ClN6O3S. The van der Waals surface area contributed by atoms with Gasteiger partial charge in [-0.3, -0.25) is 14.7 Å². The molecule has 3 aromatic rings. The van der Waals surface area contributed by atoms with Gasteiger partial charge in [-0.1, -0.05) is 23.7 Å². The Hall–Kier alpha value is -3.94. The van der Waals surface area contributed by atoms with Crippen LogP contribution in [0.5, 0.6) is 5.75 Å². The molecule has 0 aliphatic carbocycles. The Morgan fingerprint density at radius 2 is 2.03 bits per heavy atom. The zero-order valence-electron chi connectivity index (χ0n) is 20.8. The van der Waals surface area contributed by atoms with E-state index in [2.05, 4.69) is 15.8 Å². The lowest BCUT2D eigenvalue weighted by molar-refractivity contribution is -0.123. The topological polar surface area (TPSA) is 111 Å². The summed E-state index contributed by atoms with van der Waals surface area (Å²) in [6, 6.07) is 15.0. The molecule has 0 radical (unpaired) electrons. The van der Waals surface area contributed by atoms with Crippen molar-refractivity contribution in [2.45, 2.75) is 32.0 Å². The van der Waals surface area contributed by atoms with Crippen molar-refractivity contribution in [2.75, 3.05) is 19.6 Å². The minimum atomic E-state index is -0.572. The summed E-state index contributed by atoms with van der Waals surface area (Å²) in [5, 5.41) is 14.7. The maximum atomic E-state index is 14.2. The van der Waals surface area contributed by atoms with Crippen molar-refractivity contribution in [3.8, 4) is 11.8 Å². The molecule has 2 aromatic carbocycles. The number of ether oxygens (including phenoxy) is 1. The van der Waals surface area contributed by atoms with E-state index in [1.54, 1.807) is 35.2 Å². The van der Waals surface area contributed by atoms with Gasteiger partial charge in [0, 0.05) is 23.5 Å². The number of nitrogens with one attached hydrogen (secondary N) is 1. The van der Waals surface area contributed by atoms with Gasteiger partial charge < -0.3 is 15.0 Å². The Labute approximate surface area is 229 Å². The zero-order valence-corrected chi connectivity index (χ0v) is 22.4. The van der Waals surface area contributed by atoms with Gasteiger partial charge in [0.25, 0.3) is 0 Å². The number of halogens is 1. The second kappa shape index (κ2) is 10.8. The molecule has 1 N–H and O–H groups in total. The average molecular weight is 549 g/mol. The second-order valence-corrected chi connectivity index (χ2v) is 10.3. The summed E-state index contributed by atoms with van der Waals surface area (Å²) < 4.78 is 10.7. The van der Waals surface area contributed by atoms with Gasteiger partial charge in [0.15, 0.2) is 0 Å². The molecule has 0 bridgehead atoms. The number of urea groups is 1. The Balaban J connectivity index is 1.69. The summed E-state index contributed by atoms with van der Waals surface area (Å²) >= 11 is 7.46. The number of amidine groups is 1. The normalized spacial score (nSPS) is 19.2. The van der Waals surface area contributed by atoms with Crippen molar-refractivity contribution in [2.24, 2.45) is 4.99 Å². The molecule has 1 aromatic heterocycles. The van der Waals surface area contributed by atoms with Crippen LogP contribution in [0.15, 0.2) is 58.9 Å². The lowest BCUT2D eigenvalue weighted by Gasteiger charge is -2.35. The Bertz CT molecular complexity index is 1420. The van der Waals surface area contributed by atoms with Crippen molar-refractivity contribution >= 4 is 40.9 Å². The van der Waals surface area contributed by atoms with E-state index < -0.39 is 12.1 Å². The average Bonchev–Trinajstić information content (AvgIpc) is 3.56. The van der Waals surface area contributed by atoms with Gasteiger partial charge in [0.1, 0.15) is 30.2 Å². The number of carbonyl (C=O) groups is 2. The number of aliphatic imine (C=N–C) groups is 1. The lowest BCUT2D eigenvalue weighted by atomic mass is 9.97. The largest absolute Gasteiger partial charge is 0.490 e. The molecule has 11 heteroatoms. The number of hydrogen-bond donors (Lipinski definition) is 1. The Kier molecular flexibility index (Phi) is 7.31. The first-order valence-electron chi connectivity index (χ1n) is 12.1. The number of carbonyl (C=O) groups excluding carboxylic acids is 2. The van der Waals surface area contributed by atoms with Crippen LogP contribution in [-0.4, -0.2) is 57.7 Å². The predicted molar refractivity (Wildman–Crippen MR) is 144 cm³/mol. The number of rotatable bonds is 5. The standard InChI is InChI=1S/C27H25ClN6O3S/c1-16(2)37-22-13-17(14-29)3-8-20(22)26-31-24(18-4-6-19(28)7-5-18)25(21-9-12-38-32-21)34(26)27(36)33-11-10-30-23(35)15-33/h3-9,12-13,16,24-25H,10-11,15H2,1-2H3,(H,30,35). The van der Waals surface area contributed by atoms with Crippen LogP contribution in [0.4, 0.5) is 4.79 Å². The highest BCUT2D eigenvalue weighted by Crippen LogP contribution is 2.45. The molecular weight excluding hydrogens is 524 g/mol. The van der Waals surface area contributed by atoms with Gasteiger partial charge in [-0.25, -0.2) is 4.79 Å². The highest BCUT2D eigenvalue weighted by Gasteiger charge is 2.46. The van der Waals surface area contributed by atoms with Gasteiger partial charge in [0.2, 0.25) is 5.91 Å². The molecule has 2 atom stereocenters. The number of hydrogen-bond acceptors (Lipinski definition) is 7. The minimum Gasteiger partial charge on any atom is -0.490 e. The molecule has 2 aliphatic heterocycles. The smallest absolute Gasteiger partial charge is 0.326 e. The quantitative estimate of drug-likeness (QED) is 0.503.